The molecule has 4 rings (SSSR count). The van der Waals surface area contributed by atoms with Crippen LogP contribution in [0.4, 0.5) is 17.1 Å². The van der Waals surface area contributed by atoms with Gasteiger partial charge in [-0.15, -0.1) is 0 Å². The van der Waals surface area contributed by atoms with Crippen LogP contribution in [0.25, 0.3) is 0 Å². The molecule has 0 bridgehead atoms. The number of carbonyl (C=O) groups is 1. The van der Waals surface area contributed by atoms with E-state index >= 15 is 0 Å². The molecule has 0 saturated heterocycles. The summed E-state index contributed by atoms with van der Waals surface area (Å²) in [5.41, 5.74) is 3.51. The predicted molar refractivity (Wildman–Crippen MR) is 122 cm³/mol. The van der Waals surface area contributed by atoms with Gasteiger partial charge in [-0.3, -0.25) is 19.8 Å². The number of nitro groups is 1. The van der Waals surface area contributed by atoms with Crippen molar-refractivity contribution in [2.75, 3.05) is 10.2 Å². The van der Waals surface area contributed by atoms with Crippen molar-refractivity contribution in [1.29, 1.82) is 0 Å². The molecule has 0 saturated carbocycles. The van der Waals surface area contributed by atoms with Crippen LogP contribution in [0.5, 0.6) is 0 Å². The van der Waals surface area contributed by atoms with Crippen molar-refractivity contribution < 1.29 is 9.72 Å². The van der Waals surface area contributed by atoms with Gasteiger partial charge in [0.05, 0.1) is 10.5 Å². The number of hydrogen-bond donors (Lipinski definition) is 1. The molecule has 3 aromatic rings. The number of benzene rings is 3. The number of anilines is 2. The maximum Gasteiger partial charge on any atom is 0.287 e. The minimum absolute atomic E-state index is 0.0272. The summed E-state index contributed by atoms with van der Waals surface area (Å²) in [6, 6.07) is 17.8. The van der Waals surface area contributed by atoms with Gasteiger partial charge in [-0.1, -0.05) is 23.7 Å². The van der Waals surface area contributed by atoms with E-state index < -0.39 is 11.1 Å². The second kappa shape index (κ2) is 7.64. The average molecular weight is 520 g/mol. The van der Waals surface area contributed by atoms with Crippen LogP contribution in [-0.4, -0.2) is 10.8 Å². The second-order valence-corrected chi connectivity index (χ2v) is 8.37. The number of halogens is 2. The first-order valence-corrected chi connectivity index (χ1v) is 10.2. The second-order valence-electron chi connectivity index (χ2n) is 6.72. The van der Waals surface area contributed by atoms with Crippen LogP contribution in [0.15, 0.2) is 60.7 Å². The Labute approximate surface area is 185 Å². The maximum absolute atomic E-state index is 13.5. The largest absolute Gasteiger partial charge is 0.360 e. The van der Waals surface area contributed by atoms with Crippen LogP contribution in [0.2, 0.25) is 5.02 Å². The van der Waals surface area contributed by atoms with Crippen molar-refractivity contribution in [2.24, 2.45) is 0 Å². The fourth-order valence-electron chi connectivity index (χ4n) is 3.40. The van der Waals surface area contributed by atoms with Gasteiger partial charge in [0.25, 0.3) is 11.6 Å². The molecule has 0 aromatic heterocycles. The molecule has 1 atom stereocenters. The van der Waals surface area contributed by atoms with Gasteiger partial charge >= 0.3 is 0 Å². The molecule has 1 aliphatic heterocycles. The summed E-state index contributed by atoms with van der Waals surface area (Å²) < 4.78 is 0.956. The molecule has 1 amide bonds. The van der Waals surface area contributed by atoms with E-state index in [9.17, 15) is 14.9 Å². The lowest BCUT2D eigenvalue weighted by atomic mass is 10.0. The van der Waals surface area contributed by atoms with Gasteiger partial charge in [0, 0.05) is 21.0 Å². The van der Waals surface area contributed by atoms with Crippen molar-refractivity contribution >= 4 is 57.2 Å². The van der Waals surface area contributed by atoms with Gasteiger partial charge in [-0.05, 0) is 83.1 Å². The van der Waals surface area contributed by atoms with Crippen LogP contribution in [-0.2, 0) is 0 Å². The Morgan fingerprint density at radius 3 is 2.62 bits per heavy atom. The maximum atomic E-state index is 13.5. The summed E-state index contributed by atoms with van der Waals surface area (Å²) in [4.78, 5) is 25.7. The number of nitrogens with zero attached hydrogens (tertiary/aromatic N) is 2. The zero-order valence-electron chi connectivity index (χ0n) is 15.2. The zero-order chi connectivity index (χ0) is 20.7. The van der Waals surface area contributed by atoms with Gasteiger partial charge in [-0.2, -0.15) is 0 Å². The van der Waals surface area contributed by atoms with E-state index in [0.717, 1.165) is 14.8 Å². The number of fused-ring (bicyclic) bond motifs is 1. The van der Waals surface area contributed by atoms with Crippen molar-refractivity contribution in [2.45, 2.75) is 13.1 Å². The zero-order valence-corrected chi connectivity index (χ0v) is 18.1. The summed E-state index contributed by atoms with van der Waals surface area (Å²) in [6.45, 7) is 1.96. The number of nitrogens with one attached hydrogen (secondary N) is 1. The first kappa shape index (κ1) is 19.7. The Kier molecular flexibility index (Phi) is 5.18. The molecule has 0 aliphatic carbocycles. The Morgan fingerprint density at radius 2 is 1.93 bits per heavy atom. The van der Waals surface area contributed by atoms with E-state index in [2.05, 4.69) is 27.9 Å². The highest BCUT2D eigenvalue weighted by Gasteiger charge is 2.35. The van der Waals surface area contributed by atoms with E-state index in [1.54, 1.807) is 11.0 Å². The molecule has 0 spiro atoms. The molecule has 0 fully saturated rings. The number of nitro benzene ring substituents is 1. The van der Waals surface area contributed by atoms with E-state index in [-0.39, 0.29) is 16.6 Å². The Hall–Kier alpha value is -2.65. The first-order chi connectivity index (χ1) is 13.8. The summed E-state index contributed by atoms with van der Waals surface area (Å²) in [6.07, 6.45) is -0.560. The van der Waals surface area contributed by atoms with E-state index in [1.165, 1.54) is 12.1 Å². The van der Waals surface area contributed by atoms with Crippen molar-refractivity contribution in [1.82, 2.24) is 0 Å². The van der Waals surface area contributed by atoms with Crippen molar-refractivity contribution in [3.8, 4) is 0 Å². The standard InChI is InChI=1S/C21H15ClIN3O3/c1-12-3-2-4-15(9-12)25-20(13-5-8-19(26(28)29)17(22)10-13)24-18-7-6-14(23)11-16(18)21(25)27/h2-11,20,24H,1H3/t20-/m0/s1. The topological polar surface area (TPSA) is 75.5 Å². The van der Waals surface area contributed by atoms with Crippen LogP contribution < -0.4 is 10.2 Å². The lowest BCUT2D eigenvalue weighted by molar-refractivity contribution is -0.384. The minimum Gasteiger partial charge on any atom is -0.360 e. The lowest BCUT2D eigenvalue weighted by Crippen LogP contribution is -2.43. The lowest BCUT2D eigenvalue weighted by Gasteiger charge is -2.38. The van der Waals surface area contributed by atoms with Gasteiger partial charge < -0.3 is 5.32 Å². The molecule has 0 radical (unpaired) electrons. The summed E-state index contributed by atoms with van der Waals surface area (Å²) in [5.74, 6) is -0.151. The number of carbonyl (C=O) groups excluding carboxylic acids is 1. The molecule has 1 aliphatic rings. The Balaban J connectivity index is 1.87. The monoisotopic (exact) mass is 519 g/mol. The molecule has 8 heteroatoms. The molecule has 1 heterocycles. The third kappa shape index (κ3) is 3.67. The molecule has 29 heavy (non-hydrogen) atoms. The van der Waals surface area contributed by atoms with Crippen molar-refractivity contribution in [3.05, 3.63) is 96.1 Å². The quantitative estimate of drug-likeness (QED) is 0.264. The van der Waals surface area contributed by atoms with Gasteiger partial charge in [0.1, 0.15) is 11.2 Å². The minimum atomic E-state index is -0.560. The molecule has 3 aromatic carbocycles. The molecule has 146 valence electrons. The number of aryl methyl sites for hydroxylation is 1. The van der Waals surface area contributed by atoms with E-state index in [0.29, 0.717) is 16.8 Å². The predicted octanol–water partition coefficient (Wildman–Crippen LogP) is 5.93. The molecule has 1 N–H and O–H groups in total. The third-order valence-electron chi connectivity index (χ3n) is 4.75. The normalized spacial score (nSPS) is 15.6. The molecule has 6 nitrogen and oxygen atoms in total. The van der Waals surface area contributed by atoms with Crippen LogP contribution in [0, 0.1) is 20.6 Å². The highest BCUT2D eigenvalue weighted by atomic mass is 127. The summed E-state index contributed by atoms with van der Waals surface area (Å²) >= 11 is 8.32. The third-order valence-corrected chi connectivity index (χ3v) is 5.72. The van der Waals surface area contributed by atoms with E-state index in [4.69, 9.17) is 11.6 Å². The van der Waals surface area contributed by atoms with Crippen molar-refractivity contribution in [3.63, 3.8) is 0 Å². The average Bonchev–Trinajstić information content (AvgIpc) is 2.68. The number of rotatable bonds is 3. The Bertz CT molecular complexity index is 1150. The summed E-state index contributed by atoms with van der Waals surface area (Å²) in [7, 11) is 0. The SMILES string of the molecule is Cc1cccc(N2C(=O)c3cc(I)ccc3N[C@@H]2c2ccc([N+](=O)[O-])c(Cl)c2)c1. The van der Waals surface area contributed by atoms with Crippen LogP contribution in [0.1, 0.15) is 27.7 Å². The smallest absolute Gasteiger partial charge is 0.287 e. The highest BCUT2D eigenvalue weighted by molar-refractivity contribution is 14.1. The van der Waals surface area contributed by atoms with Crippen LogP contribution >= 0.6 is 34.2 Å². The van der Waals surface area contributed by atoms with Crippen LogP contribution in [0.3, 0.4) is 0 Å². The number of hydrogen-bond acceptors (Lipinski definition) is 4. The summed E-state index contributed by atoms with van der Waals surface area (Å²) in [5, 5.41) is 14.5. The van der Waals surface area contributed by atoms with Gasteiger partial charge in [0.2, 0.25) is 0 Å². The van der Waals surface area contributed by atoms with Gasteiger partial charge in [0.15, 0.2) is 0 Å². The molecule has 0 unspecified atom stereocenters. The highest BCUT2D eigenvalue weighted by Crippen LogP contribution is 2.39. The first-order valence-electron chi connectivity index (χ1n) is 8.75. The molecular weight excluding hydrogens is 505 g/mol. The fourth-order valence-corrected chi connectivity index (χ4v) is 4.15. The molecular formula is C21H15ClIN3O3. The van der Waals surface area contributed by atoms with Gasteiger partial charge in [-0.25, -0.2) is 0 Å². The number of amides is 1. The fraction of sp³-hybridized carbons (Fsp3) is 0.0952. The van der Waals surface area contributed by atoms with E-state index in [1.807, 2.05) is 49.4 Å². The Morgan fingerprint density at radius 1 is 1.14 bits per heavy atom.